The second-order valence-corrected chi connectivity index (χ2v) is 6.01. The van der Waals surface area contributed by atoms with E-state index in [1.54, 1.807) is 31.2 Å². The van der Waals surface area contributed by atoms with E-state index in [4.69, 9.17) is 16.3 Å². The van der Waals surface area contributed by atoms with Crippen LogP contribution in [0.5, 0.6) is 5.75 Å². The summed E-state index contributed by atoms with van der Waals surface area (Å²) in [7, 11) is 0. The highest BCUT2D eigenvalue weighted by molar-refractivity contribution is 6.31. The van der Waals surface area contributed by atoms with Gasteiger partial charge in [0, 0.05) is 10.6 Å². The maximum Gasteiger partial charge on any atom is 0.367 e. The molecule has 0 atom stereocenters. The molecular formula is C19H16ClNO3. The zero-order valence-corrected chi connectivity index (χ0v) is 14.1. The van der Waals surface area contributed by atoms with E-state index in [-0.39, 0.29) is 0 Å². The summed E-state index contributed by atoms with van der Waals surface area (Å²) in [6.45, 7) is 4.18. The van der Waals surface area contributed by atoms with Crippen molar-refractivity contribution in [2.45, 2.75) is 20.5 Å². The van der Waals surface area contributed by atoms with E-state index in [9.17, 15) is 4.79 Å². The van der Waals surface area contributed by atoms with Crippen LogP contribution in [0.2, 0.25) is 5.02 Å². The predicted octanol–water partition coefficient (Wildman–Crippen LogP) is 4.54. The normalized spacial score (nSPS) is 15.4. The third kappa shape index (κ3) is 3.66. The maximum absolute atomic E-state index is 11.7. The van der Waals surface area contributed by atoms with Gasteiger partial charge in [0.25, 0.3) is 0 Å². The van der Waals surface area contributed by atoms with Crippen molar-refractivity contribution in [3.63, 3.8) is 0 Å². The van der Waals surface area contributed by atoms with E-state index < -0.39 is 5.97 Å². The third-order valence-electron chi connectivity index (χ3n) is 3.66. The van der Waals surface area contributed by atoms with Gasteiger partial charge < -0.3 is 9.57 Å². The highest BCUT2D eigenvalue weighted by Crippen LogP contribution is 2.27. The lowest BCUT2D eigenvalue weighted by molar-refractivity contribution is -0.136. The minimum absolute atomic E-state index is 0.400. The molecule has 122 valence electrons. The molecule has 0 aromatic heterocycles. The van der Waals surface area contributed by atoms with Crippen molar-refractivity contribution in [1.82, 2.24) is 0 Å². The van der Waals surface area contributed by atoms with Gasteiger partial charge in [0.05, 0.1) is 11.3 Å². The van der Waals surface area contributed by atoms with Crippen LogP contribution < -0.4 is 4.74 Å². The van der Waals surface area contributed by atoms with E-state index >= 15 is 0 Å². The van der Waals surface area contributed by atoms with Gasteiger partial charge in [-0.25, -0.2) is 4.79 Å². The van der Waals surface area contributed by atoms with Gasteiger partial charge in [0.1, 0.15) is 12.4 Å². The van der Waals surface area contributed by atoms with E-state index in [1.165, 1.54) is 5.56 Å². The molecule has 1 heterocycles. The summed E-state index contributed by atoms with van der Waals surface area (Å²) >= 11 is 6.08. The van der Waals surface area contributed by atoms with Crippen LogP contribution in [-0.4, -0.2) is 11.7 Å². The van der Waals surface area contributed by atoms with Crippen molar-refractivity contribution in [2.75, 3.05) is 0 Å². The Labute approximate surface area is 145 Å². The number of rotatable bonds is 4. The standard InChI is InChI=1S/C19H16ClNO3/c1-12-3-5-14(6-4-12)11-23-18-8-7-16(20)9-15(18)10-17-13(2)21-24-19(17)22/h3-10H,11H2,1-2H3/b17-10+. The zero-order valence-electron chi connectivity index (χ0n) is 13.4. The molecule has 0 unspecified atom stereocenters. The fourth-order valence-electron chi connectivity index (χ4n) is 2.28. The predicted molar refractivity (Wildman–Crippen MR) is 94.1 cm³/mol. The number of nitrogens with zero attached hydrogens (tertiary/aromatic N) is 1. The molecule has 3 rings (SSSR count). The number of hydrogen-bond acceptors (Lipinski definition) is 4. The summed E-state index contributed by atoms with van der Waals surface area (Å²) < 4.78 is 5.90. The Morgan fingerprint density at radius 3 is 2.58 bits per heavy atom. The molecule has 2 aromatic carbocycles. The molecular weight excluding hydrogens is 326 g/mol. The van der Waals surface area contributed by atoms with Crippen LogP contribution in [0.3, 0.4) is 0 Å². The summed E-state index contributed by atoms with van der Waals surface area (Å²) in [6.07, 6.45) is 1.69. The molecule has 0 radical (unpaired) electrons. The molecule has 4 nitrogen and oxygen atoms in total. The number of hydrogen-bond donors (Lipinski definition) is 0. The highest BCUT2D eigenvalue weighted by atomic mass is 35.5. The molecule has 1 aliphatic heterocycles. The fourth-order valence-corrected chi connectivity index (χ4v) is 2.46. The van der Waals surface area contributed by atoms with Crippen LogP contribution in [0, 0.1) is 6.92 Å². The lowest BCUT2D eigenvalue weighted by Gasteiger charge is -2.10. The van der Waals surface area contributed by atoms with Crippen molar-refractivity contribution in [2.24, 2.45) is 5.16 Å². The zero-order chi connectivity index (χ0) is 17.1. The largest absolute Gasteiger partial charge is 0.488 e. The van der Waals surface area contributed by atoms with Crippen LogP contribution in [-0.2, 0) is 16.2 Å². The molecule has 0 N–H and O–H groups in total. The van der Waals surface area contributed by atoms with Gasteiger partial charge >= 0.3 is 5.97 Å². The summed E-state index contributed by atoms with van der Waals surface area (Å²) in [4.78, 5) is 16.4. The van der Waals surface area contributed by atoms with Crippen molar-refractivity contribution in [3.8, 4) is 5.75 Å². The molecule has 24 heavy (non-hydrogen) atoms. The number of carbonyl (C=O) groups is 1. The van der Waals surface area contributed by atoms with Crippen molar-refractivity contribution in [3.05, 3.63) is 69.8 Å². The molecule has 2 aromatic rings. The fraction of sp³-hybridized carbons (Fsp3) is 0.158. The summed E-state index contributed by atoms with van der Waals surface area (Å²) in [5, 5.41) is 4.23. The third-order valence-corrected chi connectivity index (χ3v) is 3.90. The number of halogens is 1. The first-order valence-electron chi connectivity index (χ1n) is 7.49. The SMILES string of the molecule is CC1=NOC(=O)/C1=C/c1cc(Cl)ccc1OCc1ccc(C)cc1. The van der Waals surface area contributed by atoms with E-state index in [0.717, 1.165) is 5.56 Å². The van der Waals surface area contributed by atoms with Crippen LogP contribution in [0.4, 0.5) is 0 Å². The molecule has 0 amide bonds. The Hall–Kier alpha value is -2.59. The van der Waals surface area contributed by atoms with Crippen LogP contribution >= 0.6 is 11.6 Å². The highest BCUT2D eigenvalue weighted by Gasteiger charge is 2.22. The second kappa shape index (κ2) is 6.89. The first-order valence-corrected chi connectivity index (χ1v) is 7.86. The Morgan fingerprint density at radius 2 is 1.92 bits per heavy atom. The Bertz CT molecular complexity index is 838. The Kier molecular flexibility index (Phi) is 4.67. The minimum atomic E-state index is -0.475. The van der Waals surface area contributed by atoms with Gasteiger partial charge in [-0.15, -0.1) is 0 Å². The smallest absolute Gasteiger partial charge is 0.367 e. The first-order chi connectivity index (χ1) is 11.5. The van der Waals surface area contributed by atoms with Gasteiger partial charge in [-0.1, -0.05) is 46.6 Å². The molecule has 0 fully saturated rings. The average Bonchev–Trinajstić information content (AvgIpc) is 2.88. The molecule has 0 spiro atoms. The summed E-state index contributed by atoms with van der Waals surface area (Å²) in [5.74, 6) is 0.164. The molecule has 1 aliphatic rings. The lowest BCUT2D eigenvalue weighted by atomic mass is 10.1. The molecule has 5 heteroatoms. The quantitative estimate of drug-likeness (QED) is 0.605. The van der Waals surface area contributed by atoms with Gasteiger partial charge in [0.2, 0.25) is 0 Å². The van der Waals surface area contributed by atoms with Crippen molar-refractivity contribution in [1.29, 1.82) is 0 Å². The lowest BCUT2D eigenvalue weighted by Crippen LogP contribution is -2.03. The Balaban J connectivity index is 1.86. The van der Waals surface area contributed by atoms with Crippen LogP contribution in [0.1, 0.15) is 23.6 Å². The van der Waals surface area contributed by atoms with Crippen molar-refractivity contribution < 1.29 is 14.4 Å². The first kappa shape index (κ1) is 16.3. The number of benzene rings is 2. The summed E-state index contributed by atoms with van der Waals surface area (Å²) in [5.41, 5.74) is 3.90. The molecule has 0 saturated heterocycles. The molecule has 0 bridgehead atoms. The summed E-state index contributed by atoms with van der Waals surface area (Å²) in [6, 6.07) is 13.4. The number of ether oxygens (including phenoxy) is 1. The van der Waals surface area contributed by atoms with E-state index in [1.807, 2.05) is 31.2 Å². The van der Waals surface area contributed by atoms with Gasteiger partial charge in [-0.3, -0.25) is 0 Å². The van der Waals surface area contributed by atoms with Gasteiger partial charge in [0.15, 0.2) is 0 Å². The van der Waals surface area contributed by atoms with Crippen LogP contribution in [0.25, 0.3) is 6.08 Å². The van der Waals surface area contributed by atoms with E-state index in [2.05, 4.69) is 9.99 Å². The molecule has 0 aliphatic carbocycles. The second-order valence-electron chi connectivity index (χ2n) is 5.57. The van der Waals surface area contributed by atoms with E-state index in [0.29, 0.717) is 34.2 Å². The Morgan fingerprint density at radius 1 is 1.17 bits per heavy atom. The minimum Gasteiger partial charge on any atom is -0.488 e. The van der Waals surface area contributed by atoms with Crippen LogP contribution in [0.15, 0.2) is 53.2 Å². The van der Waals surface area contributed by atoms with Gasteiger partial charge in [-0.2, -0.15) is 0 Å². The van der Waals surface area contributed by atoms with Crippen molar-refractivity contribution >= 4 is 29.4 Å². The van der Waals surface area contributed by atoms with Gasteiger partial charge in [-0.05, 0) is 43.7 Å². The number of aryl methyl sites for hydroxylation is 1. The monoisotopic (exact) mass is 341 g/mol. The average molecular weight is 342 g/mol. The molecule has 0 saturated carbocycles. The number of oxime groups is 1. The maximum atomic E-state index is 11.7. The number of carbonyl (C=O) groups excluding carboxylic acids is 1. The topological polar surface area (TPSA) is 47.9 Å².